The van der Waals surface area contributed by atoms with Gasteiger partial charge in [-0.05, 0) is 109 Å². The summed E-state index contributed by atoms with van der Waals surface area (Å²) in [5.74, 6) is -3.16. The average molecular weight is 1060 g/mol. The number of carbonyl (C=O) groups is 4. The molecule has 1 heterocycles. The zero-order chi connectivity index (χ0) is 54.7. The van der Waals surface area contributed by atoms with Crippen LogP contribution in [0.1, 0.15) is 252 Å². The topological polar surface area (TPSA) is 175 Å². The Morgan fingerprint density at radius 2 is 0.813 bits per heavy atom. The second-order valence-electron chi connectivity index (χ2n) is 20.3. The van der Waals surface area contributed by atoms with E-state index in [0.717, 1.165) is 135 Å². The fraction of sp³-hybridized carbons (Fsp3) is 0.746. The number of esters is 3. The molecule has 430 valence electrons. The Morgan fingerprint density at radius 1 is 0.440 bits per heavy atom. The minimum absolute atomic E-state index is 0.0407. The molecule has 0 spiro atoms. The van der Waals surface area contributed by atoms with Crippen LogP contribution in [0.2, 0.25) is 0 Å². The second kappa shape index (κ2) is 50.9. The van der Waals surface area contributed by atoms with E-state index >= 15 is 0 Å². The van der Waals surface area contributed by atoms with Crippen molar-refractivity contribution in [1.82, 2.24) is 0 Å². The van der Waals surface area contributed by atoms with Gasteiger partial charge in [0.15, 0.2) is 24.6 Å². The molecule has 0 amide bonds. The van der Waals surface area contributed by atoms with Crippen LogP contribution in [0, 0.1) is 0 Å². The van der Waals surface area contributed by atoms with Gasteiger partial charge >= 0.3 is 23.9 Å². The lowest BCUT2D eigenvalue weighted by molar-refractivity contribution is -0.301. The molecule has 0 aliphatic carbocycles. The SMILES string of the molecule is CCCC/C=C\CCCCCCCC(=O)OC(COC(=O)CCCCCCCC/C=C\C/C=C\C/C=C\CCCCC)COC1OC(C(=O)O)C(O)C(O)C1OC(=O)CCCCCCC/C=C\C/C=C\CCCCC. The third kappa shape index (κ3) is 41.0. The first kappa shape index (κ1) is 69.2. The van der Waals surface area contributed by atoms with Crippen LogP contribution >= 0.6 is 0 Å². The van der Waals surface area contributed by atoms with Gasteiger partial charge in [-0.25, -0.2) is 4.79 Å². The van der Waals surface area contributed by atoms with Gasteiger partial charge in [0.1, 0.15) is 18.8 Å². The van der Waals surface area contributed by atoms with Crippen molar-refractivity contribution in [3.8, 4) is 0 Å². The van der Waals surface area contributed by atoms with E-state index in [1.165, 1.54) is 57.8 Å². The molecule has 1 aliphatic heterocycles. The summed E-state index contributed by atoms with van der Waals surface area (Å²) in [7, 11) is 0. The third-order valence-corrected chi connectivity index (χ3v) is 13.2. The van der Waals surface area contributed by atoms with Gasteiger partial charge in [0.2, 0.25) is 0 Å². The molecule has 3 N–H and O–H groups in total. The molecule has 12 nitrogen and oxygen atoms in total. The van der Waals surface area contributed by atoms with E-state index < -0.39 is 67.3 Å². The molecule has 0 aromatic heterocycles. The van der Waals surface area contributed by atoms with Crippen molar-refractivity contribution in [1.29, 1.82) is 0 Å². The second-order valence-corrected chi connectivity index (χ2v) is 20.3. The molecular formula is C63H106O12. The summed E-state index contributed by atoms with van der Waals surface area (Å²) in [6.45, 7) is 5.87. The number of ether oxygens (including phenoxy) is 5. The van der Waals surface area contributed by atoms with E-state index in [2.05, 4.69) is 93.7 Å². The number of aliphatic hydroxyl groups is 2. The molecule has 12 heteroatoms. The number of carboxylic acid groups (broad SMARTS) is 1. The molecule has 6 atom stereocenters. The quantitative estimate of drug-likeness (QED) is 0.0228. The Bertz CT molecular complexity index is 1580. The van der Waals surface area contributed by atoms with Gasteiger partial charge in [0.25, 0.3) is 0 Å². The van der Waals surface area contributed by atoms with E-state index in [-0.39, 0.29) is 25.9 Å². The van der Waals surface area contributed by atoms with E-state index in [4.69, 9.17) is 23.7 Å². The van der Waals surface area contributed by atoms with Crippen LogP contribution in [-0.2, 0) is 42.9 Å². The molecule has 0 saturated carbocycles. The van der Waals surface area contributed by atoms with Crippen molar-refractivity contribution in [2.75, 3.05) is 13.2 Å². The number of hydrogen-bond acceptors (Lipinski definition) is 11. The summed E-state index contributed by atoms with van der Waals surface area (Å²) in [6, 6.07) is 0. The first-order valence-corrected chi connectivity index (χ1v) is 29.9. The molecule has 1 fully saturated rings. The summed E-state index contributed by atoms with van der Waals surface area (Å²) < 4.78 is 28.4. The molecule has 1 saturated heterocycles. The van der Waals surface area contributed by atoms with Gasteiger partial charge in [-0.2, -0.15) is 0 Å². The first-order valence-electron chi connectivity index (χ1n) is 29.9. The molecule has 0 bridgehead atoms. The number of unbranched alkanes of at least 4 members (excludes halogenated alkanes) is 24. The monoisotopic (exact) mass is 1050 g/mol. The molecule has 0 aromatic rings. The van der Waals surface area contributed by atoms with Gasteiger partial charge in [-0.1, -0.05) is 196 Å². The number of aliphatic carboxylic acids is 1. The smallest absolute Gasteiger partial charge is 0.335 e. The zero-order valence-corrected chi connectivity index (χ0v) is 47.3. The highest BCUT2D eigenvalue weighted by Crippen LogP contribution is 2.26. The predicted molar refractivity (Wildman–Crippen MR) is 303 cm³/mol. The maximum atomic E-state index is 13.1. The molecule has 0 aromatic carbocycles. The Balaban J connectivity index is 2.68. The lowest BCUT2D eigenvalue weighted by Gasteiger charge is -2.40. The van der Waals surface area contributed by atoms with E-state index in [1.807, 2.05) is 0 Å². The number of carboxylic acids is 1. The highest BCUT2D eigenvalue weighted by Gasteiger charge is 2.50. The highest BCUT2D eigenvalue weighted by atomic mass is 16.7. The van der Waals surface area contributed by atoms with Crippen LogP contribution in [-0.4, -0.2) is 89.2 Å². The van der Waals surface area contributed by atoms with Crippen LogP contribution in [0.5, 0.6) is 0 Å². The molecular weight excluding hydrogens is 949 g/mol. The largest absolute Gasteiger partial charge is 0.479 e. The Morgan fingerprint density at radius 3 is 1.27 bits per heavy atom. The number of carbonyl (C=O) groups excluding carboxylic acids is 3. The third-order valence-electron chi connectivity index (χ3n) is 13.2. The van der Waals surface area contributed by atoms with Crippen molar-refractivity contribution < 1.29 is 58.2 Å². The summed E-state index contributed by atoms with van der Waals surface area (Å²) in [5.41, 5.74) is 0. The van der Waals surface area contributed by atoms with Gasteiger partial charge in [-0.15, -0.1) is 0 Å². The standard InChI is InChI=1S/C63H106O12/c1-4-7-10-13-16-19-22-24-26-27-28-29-31-32-35-37-40-43-46-49-55(64)71-52-54(73-56(65)50-47-44-41-38-34-21-18-15-12-9-6-3)53-72-63-61(59(68)58(67)60(75-63)62(69)70)74-57(66)51-48-45-42-39-36-33-30-25-23-20-17-14-11-8-5-2/h15-20,24-26,28-30,54,58-61,63,67-68H,4-14,21-23,27,31-53H2,1-3H3,(H,69,70)/b18-15-,19-16-,20-17-,26-24-,29-28-,30-25-. The van der Waals surface area contributed by atoms with Crippen LogP contribution in [0.4, 0.5) is 0 Å². The molecule has 0 radical (unpaired) electrons. The predicted octanol–water partition coefficient (Wildman–Crippen LogP) is 15.3. The van der Waals surface area contributed by atoms with Crippen LogP contribution < -0.4 is 0 Å². The maximum absolute atomic E-state index is 13.1. The van der Waals surface area contributed by atoms with Crippen molar-refractivity contribution in [3.05, 3.63) is 72.9 Å². The molecule has 6 unspecified atom stereocenters. The van der Waals surface area contributed by atoms with Crippen molar-refractivity contribution in [3.63, 3.8) is 0 Å². The zero-order valence-electron chi connectivity index (χ0n) is 47.3. The Hall–Kier alpha value is -3.84. The van der Waals surface area contributed by atoms with Crippen LogP contribution in [0.25, 0.3) is 0 Å². The van der Waals surface area contributed by atoms with Crippen molar-refractivity contribution >= 4 is 23.9 Å². The fourth-order valence-corrected chi connectivity index (χ4v) is 8.56. The van der Waals surface area contributed by atoms with E-state index in [1.54, 1.807) is 0 Å². The van der Waals surface area contributed by atoms with Gasteiger partial charge in [0, 0.05) is 19.3 Å². The summed E-state index contributed by atoms with van der Waals surface area (Å²) in [5, 5.41) is 31.5. The lowest BCUT2D eigenvalue weighted by atomic mass is 9.98. The van der Waals surface area contributed by atoms with E-state index in [0.29, 0.717) is 19.3 Å². The van der Waals surface area contributed by atoms with E-state index in [9.17, 15) is 34.5 Å². The fourth-order valence-electron chi connectivity index (χ4n) is 8.56. The first-order chi connectivity index (χ1) is 36.6. The summed E-state index contributed by atoms with van der Waals surface area (Å²) in [4.78, 5) is 51.1. The minimum Gasteiger partial charge on any atom is -0.479 e. The number of aliphatic hydroxyl groups excluding tert-OH is 2. The molecule has 75 heavy (non-hydrogen) atoms. The van der Waals surface area contributed by atoms with Gasteiger partial charge in [-0.3, -0.25) is 14.4 Å². The molecule has 1 aliphatic rings. The van der Waals surface area contributed by atoms with Crippen LogP contribution in [0.15, 0.2) is 72.9 Å². The highest BCUT2D eigenvalue weighted by molar-refractivity contribution is 5.74. The van der Waals surface area contributed by atoms with Crippen molar-refractivity contribution in [2.45, 2.75) is 289 Å². The maximum Gasteiger partial charge on any atom is 0.335 e. The Labute approximate surface area is 455 Å². The number of hydrogen-bond donors (Lipinski definition) is 3. The lowest BCUT2D eigenvalue weighted by Crippen LogP contribution is -2.61. The summed E-state index contributed by atoms with van der Waals surface area (Å²) >= 11 is 0. The number of rotatable bonds is 50. The normalized spacial score (nSPS) is 18.7. The minimum atomic E-state index is -1.91. The number of allylic oxidation sites excluding steroid dienone is 12. The van der Waals surface area contributed by atoms with Gasteiger partial charge < -0.3 is 39.0 Å². The average Bonchev–Trinajstić information content (AvgIpc) is 3.39. The van der Waals surface area contributed by atoms with Crippen LogP contribution in [0.3, 0.4) is 0 Å². The van der Waals surface area contributed by atoms with Gasteiger partial charge in [0.05, 0.1) is 6.61 Å². The summed E-state index contributed by atoms with van der Waals surface area (Å²) in [6.07, 6.45) is 51.5. The van der Waals surface area contributed by atoms with Crippen molar-refractivity contribution in [2.24, 2.45) is 0 Å². The Kier molecular flexibility index (Phi) is 47.0. The molecule has 1 rings (SSSR count).